The summed E-state index contributed by atoms with van der Waals surface area (Å²) in [6.07, 6.45) is 0.681. The SMILES string of the molecule is Cc1cccc(N2N=C(C(=O)N3CCN(c4ccc(Cl)cc4)CC3)CCC2=O)c1. The smallest absolute Gasteiger partial charge is 0.270 e. The lowest BCUT2D eigenvalue weighted by atomic mass is 10.1. The molecule has 6 nitrogen and oxygen atoms in total. The van der Waals surface area contributed by atoms with Gasteiger partial charge in [0.15, 0.2) is 0 Å². The fourth-order valence-corrected chi connectivity index (χ4v) is 3.80. The standard InChI is InChI=1S/C22H23ClN4O2/c1-16-3-2-4-19(15-16)27-21(28)10-9-20(24-27)22(29)26-13-11-25(12-14-26)18-7-5-17(23)6-8-18/h2-8,15H,9-14H2,1H3. The van der Waals surface area contributed by atoms with Gasteiger partial charge in [-0.25, -0.2) is 5.01 Å². The maximum Gasteiger partial charge on any atom is 0.270 e. The van der Waals surface area contributed by atoms with Crippen LogP contribution in [0.5, 0.6) is 0 Å². The fourth-order valence-electron chi connectivity index (χ4n) is 3.67. The van der Waals surface area contributed by atoms with Gasteiger partial charge < -0.3 is 9.80 Å². The second-order valence-electron chi connectivity index (χ2n) is 7.35. The molecule has 0 radical (unpaired) electrons. The number of hydrogen-bond acceptors (Lipinski definition) is 4. The van der Waals surface area contributed by atoms with Gasteiger partial charge in [0.2, 0.25) is 5.91 Å². The predicted molar refractivity (Wildman–Crippen MR) is 116 cm³/mol. The number of hydrazone groups is 1. The molecule has 2 heterocycles. The third kappa shape index (κ3) is 4.27. The molecule has 0 aromatic heterocycles. The second kappa shape index (κ2) is 8.25. The molecule has 0 aliphatic carbocycles. The summed E-state index contributed by atoms with van der Waals surface area (Å²) in [4.78, 5) is 29.4. The van der Waals surface area contributed by atoms with E-state index in [1.807, 2.05) is 60.4 Å². The molecule has 1 fully saturated rings. The average molecular weight is 411 g/mol. The third-order valence-corrected chi connectivity index (χ3v) is 5.54. The number of aryl methyl sites for hydroxylation is 1. The van der Waals surface area contributed by atoms with Crippen molar-refractivity contribution in [1.29, 1.82) is 0 Å². The van der Waals surface area contributed by atoms with Gasteiger partial charge in [0.25, 0.3) is 5.91 Å². The number of benzene rings is 2. The van der Waals surface area contributed by atoms with Crippen LogP contribution in [0.15, 0.2) is 53.6 Å². The lowest BCUT2D eigenvalue weighted by Crippen LogP contribution is -2.51. The van der Waals surface area contributed by atoms with E-state index in [9.17, 15) is 9.59 Å². The zero-order chi connectivity index (χ0) is 20.4. The van der Waals surface area contributed by atoms with Gasteiger partial charge in [-0.05, 0) is 48.9 Å². The molecule has 2 aromatic rings. The Morgan fingerprint density at radius 1 is 0.966 bits per heavy atom. The van der Waals surface area contributed by atoms with Crippen molar-refractivity contribution in [2.75, 3.05) is 36.1 Å². The lowest BCUT2D eigenvalue weighted by Gasteiger charge is -2.36. The number of carbonyl (C=O) groups is 2. The van der Waals surface area contributed by atoms with Crippen LogP contribution < -0.4 is 9.91 Å². The first kappa shape index (κ1) is 19.5. The van der Waals surface area contributed by atoms with E-state index in [0.717, 1.165) is 24.3 Å². The van der Waals surface area contributed by atoms with Crippen LogP contribution in [0.25, 0.3) is 0 Å². The van der Waals surface area contributed by atoms with E-state index in [0.29, 0.717) is 42.4 Å². The van der Waals surface area contributed by atoms with Gasteiger partial charge in [-0.1, -0.05) is 23.7 Å². The van der Waals surface area contributed by atoms with E-state index in [4.69, 9.17) is 11.6 Å². The molecular weight excluding hydrogens is 388 g/mol. The highest BCUT2D eigenvalue weighted by atomic mass is 35.5. The predicted octanol–water partition coefficient (Wildman–Crippen LogP) is 3.48. The van der Waals surface area contributed by atoms with Gasteiger partial charge in [-0.3, -0.25) is 9.59 Å². The average Bonchev–Trinajstić information content (AvgIpc) is 2.74. The number of nitrogens with zero attached hydrogens (tertiary/aromatic N) is 4. The Balaban J connectivity index is 1.44. The first-order valence-corrected chi connectivity index (χ1v) is 10.2. The van der Waals surface area contributed by atoms with Crippen molar-refractivity contribution in [3.8, 4) is 0 Å². The number of anilines is 2. The van der Waals surface area contributed by atoms with Crippen molar-refractivity contribution >= 4 is 40.5 Å². The number of piperazine rings is 1. The van der Waals surface area contributed by atoms with Crippen molar-refractivity contribution in [1.82, 2.24) is 4.90 Å². The van der Waals surface area contributed by atoms with Crippen molar-refractivity contribution < 1.29 is 9.59 Å². The fraction of sp³-hybridized carbons (Fsp3) is 0.318. The van der Waals surface area contributed by atoms with Gasteiger partial charge in [0.05, 0.1) is 5.69 Å². The highest BCUT2D eigenvalue weighted by Crippen LogP contribution is 2.23. The molecule has 0 unspecified atom stereocenters. The minimum atomic E-state index is -0.0836. The summed E-state index contributed by atoms with van der Waals surface area (Å²) in [7, 11) is 0. The molecule has 0 N–H and O–H groups in total. The van der Waals surface area contributed by atoms with E-state index in [-0.39, 0.29) is 11.8 Å². The molecule has 2 aromatic carbocycles. The Labute approximate surface area is 175 Å². The molecule has 4 rings (SSSR count). The number of halogens is 1. The van der Waals surface area contributed by atoms with Crippen molar-refractivity contribution in [3.05, 3.63) is 59.1 Å². The van der Waals surface area contributed by atoms with Crippen LogP contribution in [0.2, 0.25) is 5.02 Å². The van der Waals surface area contributed by atoms with Crippen molar-refractivity contribution in [3.63, 3.8) is 0 Å². The molecule has 0 saturated carbocycles. The Bertz CT molecular complexity index is 950. The van der Waals surface area contributed by atoms with E-state index in [2.05, 4.69) is 10.0 Å². The number of amides is 2. The monoisotopic (exact) mass is 410 g/mol. The molecule has 7 heteroatoms. The first-order valence-electron chi connectivity index (χ1n) is 9.78. The highest BCUT2D eigenvalue weighted by Gasteiger charge is 2.30. The molecule has 0 bridgehead atoms. The second-order valence-corrected chi connectivity index (χ2v) is 7.78. The molecule has 150 valence electrons. The molecule has 0 spiro atoms. The van der Waals surface area contributed by atoms with Gasteiger partial charge in [0.1, 0.15) is 5.71 Å². The lowest BCUT2D eigenvalue weighted by molar-refractivity contribution is -0.124. The Morgan fingerprint density at radius 2 is 1.69 bits per heavy atom. The Morgan fingerprint density at radius 3 is 2.38 bits per heavy atom. The van der Waals surface area contributed by atoms with Crippen LogP contribution in [0.4, 0.5) is 11.4 Å². The molecule has 2 aliphatic rings. The summed E-state index contributed by atoms with van der Waals surface area (Å²) < 4.78 is 0. The quantitative estimate of drug-likeness (QED) is 0.778. The topological polar surface area (TPSA) is 56.2 Å². The number of carbonyl (C=O) groups excluding carboxylic acids is 2. The van der Waals surface area contributed by atoms with Crippen LogP contribution in [-0.4, -0.2) is 48.6 Å². The van der Waals surface area contributed by atoms with E-state index in [1.54, 1.807) is 0 Å². The Hall–Kier alpha value is -2.86. The van der Waals surface area contributed by atoms with Gasteiger partial charge >= 0.3 is 0 Å². The third-order valence-electron chi connectivity index (χ3n) is 5.28. The normalized spacial score (nSPS) is 17.4. The van der Waals surface area contributed by atoms with Crippen molar-refractivity contribution in [2.24, 2.45) is 5.10 Å². The first-order chi connectivity index (χ1) is 14.0. The summed E-state index contributed by atoms with van der Waals surface area (Å²) in [5.74, 6) is -0.161. The zero-order valence-corrected chi connectivity index (χ0v) is 17.1. The van der Waals surface area contributed by atoms with E-state index < -0.39 is 0 Å². The molecular formula is C22H23ClN4O2. The summed E-state index contributed by atoms with van der Waals surface area (Å²) in [5, 5.41) is 6.50. The van der Waals surface area contributed by atoms with Gasteiger partial charge in [0, 0.05) is 49.7 Å². The van der Waals surface area contributed by atoms with E-state index >= 15 is 0 Å². The minimum absolute atomic E-state index is 0.0779. The molecule has 0 atom stereocenters. The van der Waals surface area contributed by atoms with Crippen LogP contribution in [-0.2, 0) is 9.59 Å². The van der Waals surface area contributed by atoms with Crippen LogP contribution in [0.1, 0.15) is 18.4 Å². The molecule has 2 amide bonds. The number of rotatable bonds is 3. The summed E-state index contributed by atoms with van der Waals surface area (Å²) in [6, 6.07) is 15.3. The zero-order valence-electron chi connectivity index (χ0n) is 16.3. The molecule has 2 aliphatic heterocycles. The largest absolute Gasteiger partial charge is 0.368 e. The Kier molecular flexibility index (Phi) is 5.53. The maximum absolute atomic E-state index is 13.0. The summed E-state index contributed by atoms with van der Waals surface area (Å²) in [5.41, 5.74) is 3.30. The van der Waals surface area contributed by atoms with Gasteiger partial charge in [-0.2, -0.15) is 5.10 Å². The van der Waals surface area contributed by atoms with Crippen LogP contribution in [0, 0.1) is 6.92 Å². The minimum Gasteiger partial charge on any atom is -0.368 e. The molecule has 1 saturated heterocycles. The van der Waals surface area contributed by atoms with Crippen molar-refractivity contribution in [2.45, 2.75) is 19.8 Å². The van der Waals surface area contributed by atoms with Gasteiger partial charge in [-0.15, -0.1) is 0 Å². The summed E-state index contributed by atoms with van der Waals surface area (Å²) >= 11 is 5.96. The van der Waals surface area contributed by atoms with Crippen LogP contribution >= 0.6 is 11.6 Å². The maximum atomic E-state index is 13.0. The number of hydrogen-bond donors (Lipinski definition) is 0. The van der Waals surface area contributed by atoms with Crippen LogP contribution in [0.3, 0.4) is 0 Å². The molecule has 29 heavy (non-hydrogen) atoms. The highest BCUT2D eigenvalue weighted by molar-refractivity contribution is 6.40. The van der Waals surface area contributed by atoms with E-state index in [1.165, 1.54) is 5.01 Å². The summed E-state index contributed by atoms with van der Waals surface area (Å²) in [6.45, 7) is 4.72.